The number of alkyl carbamates (subject to hydrolysis) is 1. The van der Waals surface area contributed by atoms with E-state index < -0.39 is 58.2 Å². The first kappa shape index (κ1) is 49.2. The van der Waals surface area contributed by atoms with E-state index in [-0.39, 0.29) is 29.4 Å². The molecule has 7 amide bonds. The monoisotopic (exact) mass is 872 g/mol. The molecule has 0 radical (unpaired) electrons. The minimum absolute atomic E-state index is 0.112. The maximum absolute atomic E-state index is 13.2. The predicted molar refractivity (Wildman–Crippen MR) is 228 cm³/mol. The Morgan fingerprint density at radius 1 is 0.639 bits per heavy atom. The van der Waals surface area contributed by atoms with Gasteiger partial charge in [0, 0.05) is 42.4 Å². The normalized spacial score (nSPS) is 11.7. The molecule has 0 spiro atoms. The maximum atomic E-state index is 13.2. The number of hydrogen-bond acceptors (Lipinski definition) is 11. The fourth-order valence-electron chi connectivity index (χ4n) is 5.07. The number of carboxylic acid groups (broad SMARTS) is 1. The number of urea groups is 3. The van der Waals surface area contributed by atoms with Crippen molar-refractivity contribution >= 4 is 62.9 Å². The number of anilines is 4. The lowest BCUT2D eigenvalue weighted by Crippen LogP contribution is -2.34. The third-order valence-corrected chi connectivity index (χ3v) is 9.13. The average Bonchev–Trinajstić information content (AvgIpc) is 3.18. The van der Waals surface area contributed by atoms with Gasteiger partial charge in [0.1, 0.15) is 5.60 Å². The van der Waals surface area contributed by atoms with Crippen molar-refractivity contribution in [1.82, 2.24) is 21.3 Å². The Kier molecular flexibility index (Phi) is 20.5. The molecule has 0 heterocycles. The highest BCUT2D eigenvalue weighted by molar-refractivity contribution is 7.92. The molecule has 0 saturated heterocycles. The molecule has 0 aliphatic carbocycles. The molecule has 3 rings (SSSR count). The maximum Gasteiger partial charge on any atom is 0.407 e. The lowest BCUT2D eigenvalue weighted by atomic mass is 10.0. The Morgan fingerprint density at radius 3 is 1.75 bits per heavy atom. The van der Waals surface area contributed by atoms with E-state index in [4.69, 9.17) is 18.9 Å². The fourth-order valence-corrected chi connectivity index (χ4v) is 6.17. The van der Waals surface area contributed by atoms with Crippen LogP contribution in [0.4, 0.5) is 41.9 Å². The second-order valence-corrected chi connectivity index (χ2v) is 15.8. The molecule has 0 saturated carbocycles. The number of ether oxygens (including phenoxy) is 4. The number of hydrogen-bond donors (Lipinski definition) is 9. The van der Waals surface area contributed by atoms with Gasteiger partial charge in [-0.1, -0.05) is 25.1 Å². The van der Waals surface area contributed by atoms with Crippen LogP contribution in [0.25, 0.3) is 0 Å². The van der Waals surface area contributed by atoms with E-state index in [0.717, 1.165) is 6.42 Å². The third-order valence-electron chi connectivity index (χ3n) is 7.75. The van der Waals surface area contributed by atoms with E-state index in [1.807, 2.05) is 6.92 Å². The van der Waals surface area contributed by atoms with Crippen LogP contribution in [0.1, 0.15) is 52.1 Å². The van der Waals surface area contributed by atoms with Crippen molar-refractivity contribution in [2.24, 2.45) is 0 Å². The van der Waals surface area contributed by atoms with Crippen molar-refractivity contribution in [2.75, 3.05) is 79.9 Å². The summed E-state index contributed by atoms with van der Waals surface area (Å²) in [5.41, 5.74) is 0.905. The number of nitrogens with one attached hydrogen (secondary N) is 8. The van der Waals surface area contributed by atoms with Crippen LogP contribution in [-0.2, 0) is 33.8 Å². The molecule has 0 bridgehead atoms. The summed E-state index contributed by atoms with van der Waals surface area (Å²) < 4.78 is 50.3. The van der Waals surface area contributed by atoms with E-state index in [1.165, 1.54) is 48.5 Å². The highest BCUT2D eigenvalue weighted by Gasteiger charge is 2.21. The van der Waals surface area contributed by atoms with Gasteiger partial charge in [0.25, 0.3) is 10.0 Å². The topological polar surface area (TPSA) is 273 Å². The molecule has 334 valence electrons. The van der Waals surface area contributed by atoms with Crippen LogP contribution in [0.5, 0.6) is 0 Å². The number of aliphatic carboxylic acids is 1. The van der Waals surface area contributed by atoms with Crippen LogP contribution >= 0.6 is 0 Å². The summed E-state index contributed by atoms with van der Waals surface area (Å²) in [7, 11) is -4.14. The van der Waals surface area contributed by atoms with E-state index in [0.29, 0.717) is 63.1 Å². The zero-order valence-electron chi connectivity index (χ0n) is 34.6. The minimum atomic E-state index is -4.14. The van der Waals surface area contributed by atoms with Crippen LogP contribution in [0.3, 0.4) is 0 Å². The van der Waals surface area contributed by atoms with Gasteiger partial charge in [-0.2, -0.15) is 0 Å². The summed E-state index contributed by atoms with van der Waals surface area (Å²) in [5.74, 6) is -1.21. The number of carbonyl (C=O) groups excluding carboxylic acids is 4. The number of amides is 7. The molecule has 1 atom stereocenters. The quantitative estimate of drug-likeness (QED) is 0.0535. The van der Waals surface area contributed by atoms with Gasteiger partial charge >= 0.3 is 30.2 Å². The number of sulfonamides is 1. The first-order valence-electron chi connectivity index (χ1n) is 19.4. The number of carboxylic acids is 1. The zero-order chi connectivity index (χ0) is 44.7. The van der Waals surface area contributed by atoms with Crippen molar-refractivity contribution in [3.8, 4) is 0 Å². The molecule has 20 nitrogen and oxygen atoms in total. The predicted octanol–water partition coefficient (Wildman–Crippen LogP) is 5.05. The smallest absolute Gasteiger partial charge is 0.407 e. The Bertz CT molecular complexity index is 2000. The van der Waals surface area contributed by atoms with Crippen molar-refractivity contribution in [3.05, 3.63) is 78.4 Å². The summed E-state index contributed by atoms with van der Waals surface area (Å²) in [6.07, 6.45) is -0.285. The first-order chi connectivity index (χ1) is 29.0. The molecular weight excluding hydrogens is 817 g/mol. The number of rotatable bonds is 24. The summed E-state index contributed by atoms with van der Waals surface area (Å²) in [4.78, 5) is 60.5. The van der Waals surface area contributed by atoms with Crippen molar-refractivity contribution in [3.63, 3.8) is 0 Å². The first-order valence-corrected chi connectivity index (χ1v) is 20.9. The molecule has 61 heavy (non-hydrogen) atoms. The van der Waals surface area contributed by atoms with Gasteiger partial charge in [-0.3, -0.25) is 9.52 Å². The molecule has 0 fully saturated rings. The van der Waals surface area contributed by atoms with Gasteiger partial charge in [-0.15, -0.1) is 0 Å². The summed E-state index contributed by atoms with van der Waals surface area (Å²) in [6, 6.07) is 15.1. The lowest BCUT2D eigenvalue weighted by Gasteiger charge is -2.19. The lowest BCUT2D eigenvalue weighted by molar-refractivity contribution is -0.137. The van der Waals surface area contributed by atoms with Crippen molar-refractivity contribution in [1.29, 1.82) is 0 Å². The summed E-state index contributed by atoms with van der Waals surface area (Å²) >= 11 is 0. The van der Waals surface area contributed by atoms with Gasteiger partial charge in [0.15, 0.2) is 0 Å². The third kappa shape index (κ3) is 20.6. The largest absolute Gasteiger partial charge is 0.481 e. The van der Waals surface area contributed by atoms with Crippen molar-refractivity contribution in [2.45, 2.75) is 57.1 Å². The van der Waals surface area contributed by atoms with E-state index in [2.05, 4.69) is 41.9 Å². The molecule has 21 heteroatoms. The van der Waals surface area contributed by atoms with Crippen LogP contribution in [0.15, 0.2) is 77.7 Å². The van der Waals surface area contributed by atoms with Gasteiger partial charge in [0.05, 0.1) is 57.0 Å². The number of carbonyl (C=O) groups is 5. The van der Waals surface area contributed by atoms with Gasteiger partial charge in [0.2, 0.25) is 0 Å². The molecular formula is C40H56N8O12S. The van der Waals surface area contributed by atoms with E-state index in [1.54, 1.807) is 45.0 Å². The van der Waals surface area contributed by atoms with Crippen LogP contribution < -0.4 is 41.9 Å². The minimum Gasteiger partial charge on any atom is -0.481 e. The Hall–Kier alpha value is -6.16. The molecule has 0 aromatic heterocycles. The fraction of sp³-hybridized carbons (Fsp3) is 0.425. The Morgan fingerprint density at radius 2 is 1.16 bits per heavy atom. The van der Waals surface area contributed by atoms with Gasteiger partial charge in [-0.25, -0.2) is 27.6 Å². The molecule has 0 aliphatic rings. The molecule has 9 N–H and O–H groups in total. The van der Waals surface area contributed by atoms with Crippen LogP contribution in [0, 0.1) is 0 Å². The standard InChI is InChI=1S/C40H56N8O12S/c1-5-16-41-36(51)46-31-9-7-11-33(26-31)61(55,56)48-32-10-6-8-28(25-32)34(27-35(49)50)47-38(53)45-30-14-12-29(13-15-30)44-37(52)42-17-19-57-21-23-59-24-22-58-20-18-43-39(54)60-40(2,3)4/h6-15,25-26,34,48H,5,16-24,27H2,1-4H3,(H,43,54)(H,49,50)(H2,41,46,51)(H2,42,44,52)(H2,45,47,53)/t34-/m1/s1. The van der Waals surface area contributed by atoms with E-state index in [9.17, 15) is 37.5 Å². The average molecular weight is 873 g/mol. The number of benzene rings is 3. The van der Waals surface area contributed by atoms with E-state index >= 15 is 0 Å². The Balaban J connectivity index is 1.38. The molecule has 3 aromatic carbocycles. The molecule has 0 unspecified atom stereocenters. The SMILES string of the molecule is CCCNC(=O)Nc1cccc(S(=O)(=O)Nc2cccc([C@@H](CC(=O)O)NC(=O)Nc3ccc(NC(=O)NCCOCCOCCOCCNC(=O)OC(C)(C)C)cc3)c2)c1. The van der Waals surface area contributed by atoms with Crippen LogP contribution in [-0.4, -0.2) is 109 Å². The van der Waals surface area contributed by atoms with Crippen LogP contribution in [0.2, 0.25) is 0 Å². The second kappa shape index (κ2) is 25.5. The highest BCUT2D eigenvalue weighted by Crippen LogP contribution is 2.24. The summed E-state index contributed by atoms with van der Waals surface area (Å²) in [6.45, 7) is 10.2. The van der Waals surface area contributed by atoms with Gasteiger partial charge in [-0.05, 0) is 87.4 Å². The zero-order valence-corrected chi connectivity index (χ0v) is 35.4. The highest BCUT2D eigenvalue weighted by atomic mass is 32.2. The molecule has 3 aromatic rings. The second-order valence-electron chi connectivity index (χ2n) is 14.1. The summed E-state index contributed by atoms with van der Waals surface area (Å²) in [5, 5.41) is 28.0. The van der Waals surface area contributed by atoms with Crippen molar-refractivity contribution < 1.29 is 56.4 Å². The Labute approximate surface area is 355 Å². The van der Waals surface area contributed by atoms with Gasteiger partial charge < -0.3 is 61.3 Å². The molecule has 0 aliphatic heterocycles.